The van der Waals surface area contributed by atoms with Crippen LogP contribution < -0.4 is 10.9 Å². The summed E-state index contributed by atoms with van der Waals surface area (Å²) in [4.78, 5) is 20.6. The summed E-state index contributed by atoms with van der Waals surface area (Å²) in [5, 5.41) is 7.10. The molecule has 1 saturated carbocycles. The average Bonchev–Trinajstić information content (AvgIpc) is 3.25. The van der Waals surface area contributed by atoms with Crippen molar-refractivity contribution in [3.8, 4) is 0 Å². The van der Waals surface area contributed by atoms with Gasteiger partial charge in [-0.05, 0) is 60.0 Å². The van der Waals surface area contributed by atoms with E-state index in [1.54, 1.807) is 22.2 Å². The molecule has 176 valence electrons. The highest BCUT2D eigenvalue weighted by molar-refractivity contribution is 7.18. The molecule has 2 aromatic carbocycles. The molecule has 4 aromatic rings. The highest BCUT2D eigenvalue weighted by Gasteiger charge is 2.25. The fraction of sp³-hybridized carbons (Fsp3) is 0.448. The van der Waals surface area contributed by atoms with Gasteiger partial charge in [-0.1, -0.05) is 74.6 Å². The van der Waals surface area contributed by atoms with E-state index in [1.165, 1.54) is 59.7 Å². The highest BCUT2D eigenvalue weighted by atomic mass is 32.1. The lowest BCUT2D eigenvalue weighted by Crippen LogP contribution is -2.35. The maximum Gasteiger partial charge on any atom is 0.262 e. The largest absolute Gasteiger partial charge is 0.314 e. The molecule has 1 fully saturated rings. The van der Waals surface area contributed by atoms with E-state index in [1.807, 2.05) is 0 Å². The number of fused-ring (bicyclic) bond motifs is 4. The lowest BCUT2D eigenvalue weighted by molar-refractivity contribution is 0.324. The van der Waals surface area contributed by atoms with E-state index in [9.17, 15) is 4.79 Å². The van der Waals surface area contributed by atoms with Crippen LogP contribution in [0.5, 0.6) is 0 Å². The van der Waals surface area contributed by atoms with Crippen LogP contribution in [0.3, 0.4) is 0 Å². The van der Waals surface area contributed by atoms with Crippen molar-refractivity contribution in [2.75, 3.05) is 6.54 Å². The van der Waals surface area contributed by atoms with Gasteiger partial charge in [-0.15, -0.1) is 11.3 Å². The summed E-state index contributed by atoms with van der Waals surface area (Å²) in [7, 11) is 0. The number of nitrogens with one attached hydrogen (secondary N) is 1. The molecule has 6 rings (SSSR count). The molecule has 1 unspecified atom stereocenters. The van der Waals surface area contributed by atoms with Gasteiger partial charge in [0.1, 0.15) is 4.83 Å². The summed E-state index contributed by atoms with van der Waals surface area (Å²) in [6, 6.07) is 15.2. The minimum absolute atomic E-state index is 0.110. The minimum Gasteiger partial charge on any atom is -0.314 e. The summed E-state index contributed by atoms with van der Waals surface area (Å²) in [5.74, 6) is 0.925. The van der Waals surface area contributed by atoms with Crippen LogP contribution in [0.1, 0.15) is 60.9 Å². The van der Waals surface area contributed by atoms with Crippen LogP contribution in [-0.2, 0) is 19.4 Å². The molecule has 2 heterocycles. The summed E-state index contributed by atoms with van der Waals surface area (Å²) in [5.41, 5.74) is 2.53. The Bertz CT molecular complexity index is 1360. The molecule has 1 atom stereocenters. The normalized spacial score (nSPS) is 19.0. The Labute approximate surface area is 205 Å². The fourth-order valence-electron chi connectivity index (χ4n) is 6.07. The zero-order valence-electron chi connectivity index (χ0n) is 19.8. The summed E-state index contributed by atoms with van der Waals surface area (Å²) in [6.07, 6.45) is 13.3. The van der Waals surface area contributed by atoms with E-state index in [0.29, 0.717) is 12.6 Å². The van der Waals surface area contributed by atoms with Crippen LogP contribution in [0.2, 0.25) is 0 Å². The van der Waals surface area contributed by atoms with E-state index in [0.717, 1.165) is 47.5 Å². The predicted octanol–water partition coefficient (Wildman–Crippen LogP) is 6.08. The second kappa shape index (κ2) is 9.63. The Morgan fingerprint density at radius 1 is 1.03 bits per heavy atom. The van der Waals surface area contributed by atoms with Gasteiger partial charge in [0.15, 0.2) is 0 Å². The number of aromatic nitrogens is 2. The van der Waals surface area contributed by atoms with Crippen molar-refractivity contribution in [3.63, 3.8) is 0 Å². The first-order chi connectivity index (χ1) is 16.8. The molecule has 1 N–H and O–H groups in total. The van der Waals surface area contributed by atoms with E-state index in [-0.39, 0.29) is 5.56 Å². The number of hydrogen-bond donors (Lipinski definition) is 1. The Hall–Kier alpha value is -2.50. The molecule has 0 amide bonds. The summed E-state index contributed by atoms with van der Waals surface area (Å²) >= 11 is 1.73. The van der Waals surface area contributed by atoms with Gasteiger partial charge in [-0.3, -0.25) is 9.36 Å². The zero-order chi connectivity index (χ0) is 22.9. The molecule has 2 aliphatic carbocycles. The van der Waals surface area contributed by atoms with Gasteiger partial charge in [0.2, 0.25) is 0 Å². The number of benzene rings is 2. The molecule has 0 aliphatic heterocycles. The standard InChI is InChI=1S/C29H33N3OS/c33-29-27-25-14-13-23(30-16-15-20-7-2-1-3-8-20)17-26(25)34-28(27)31-19-32(29)18-22-11-6-10-21-9-4-5-12-24(21)22/h4-6,9-12,19-20,23,30H,1-3,7-8,13-18H2. The Morgan fingerprint density at radius 2 is 1.88 bits per heavy atom. The number of rotatable bonds is 6. The molecule has 0 spiro atoms. The maximum absolute atomic E-state index is 13.5. The van der Waals surface area contributed by atoms with Crippen molar-refractivity contribution in [2.45, 2.75) is 70.4 Å². The van der Waals surface area contributed by atoms with Gasteiger partial charge in [0, 0.05) is 10.9 Å². The van der Waals surface area contributed by atoms with E-state index >= 15 is 0 Å². The van der Waals surface area contributed by atoms with Crippen molar-refractivity contribution in [1.82, 2.24) is 14.9 Å². The average molecular weight is 472 g/mol. The Kier molecular flexibility index (Phi) is 6.23. The third kappa shape index (κ3) is 4.32. The molecular weight excluding hydrogens is 438 g/mol. The van der Waals surface area contributed by atoms with Gasteiger partial charge in [0.05, 0.1) is 18.3 Å². The molecular formula is C29H33N3OS. The molecule has 0 bridgehead atoms. The van der Waals surface area contributed by atoms with Crippen LogP contribution in [0.25, 0.3) is 21.0 Å². The number of hydrogen-bond acceptors (Lipinski definition) is 4. The topological polar surface area (TPSA) is 46.9 Å². The molecule has 4 nitrogen and oxygen atoms in total. The second-order valence-electron chi connectivity index (χ2n) is 10.2. The Morgan fingerprint density at radius 3 is 2.79 bits per heavy atom. The molecule has 5 heteroatoms. The van der Waals surface area contributed by atoms with Crippen LogP contribution in [0.4, 0.5) is 0 Å². The third-order valence-corrected chi connectivity index (χ3v) is 9.13. The minimum atomic E-state index is 0.110. The zero-order valence-corrected chi connectivity index (χ0v) is 20.6. The van der Waals surface area contributed by atoms with Gasteiger partial charge in [0.25, 0.3) is 5.56 Å². The molecule has 34 heavy (non-hydrogen) atoms. The SMILES string of the molecule is O=c1c2c3c(sc2ncn1Cc1cccc2ccccc12)CC(NCCC1CCCCC1)CC3. The maximum atomic E-state index is 13.5. The van der Waals surface area contributed by atoms with Crippen LogP contribution in [0.15, 0.2) is 53.6 Å². The first-order valence-corrected chi connectivity index (χ1v) is 13.8. The lowest BCUT2D eigenvalue weighted by Gasteiger charge is -2.26. The monoisotopic (exact) mass is 471 g/mol. The van der Waals surface area contributed by atoms with Crippen LogP contribution in [0, 0.1) is 5.92 Å². The van der Waals surface area contributed by atoms with Crippen molar-refractivity contribution in [2.24, 2.45) is 5.92 Å². The van der Waals surface area contributed by atoms with Crippen molar-refractivity contribution in [1.29, 1.82) is 0 Å². The van der Waals surface area contributed by atoms with E-state index in [2.05, 4.69) is 47.8 Å². The number of nitrogens with zero attached hydrogens (tertiary/aromatic N) is 2. The third-order valence-electron chi connectivity index (χ3n) is 7.97. The highest BCUT2D eigenvalue weighted by Crippen LogP contribution is 2.34. The number of thiophene rings is 1. The summed E-state index contributed by atoms with van der Waals surface area (Å²) in [6.45, 7) is 1.69. The van der Waals surface area contributed by atoms with Crippen molar-refractivity contribution < 1.29 is 0 Å². The van der Waals surface area contributed by atoms with Crippen LogP contribution in [-0.4, -0.2) is 22.1 Å². The van der Waals surface area contributed by atoms with Gasteiger partial charge < -0.3 is 5.32 Å². The smallest absolute Gasteiger partial charge is 0.262 e. The first kappa shape index (κ1) is 22.0. The molecule has 0 saturated heterocycles. The first-order valence-electron chi connectivity index (χ1n) is 13.0. The van der Waals surface area contributed by atoms with E-state index in [4.69, 9.17) is 4.98 Å². The van der Waals surface area contributed by atoms with Crippen molar-refractivity contribution >= 4 is 32.3 Å². The second-order valence-corrected chi connectivity index (χ2v) is 11.3. The predicted molar refractivity (Wildman–Crippen MR) is 142 cm³/mol. The van der Waals surface area contributed by atoms with Gasteiger partial charge in [-0.25, -0.2) is 4.98 Å². The lowest BCUT2D eigenvalue weighted by atomic mass is 9.87. The van der Waals surface area contributed by atoms with E-state index < -0.39 is 0 Å². The van der Waals surface area contributed by atoms with Crippen LogP contribution >= 0.6 is 11.3 Å². The number of aryl methyl sites for hydroxylation is 1. The quantitative estimate of drug-likeness (QED) is 0.371. The van der Waals surface area contributed by atoms with Gasteiger partial charge in [-0.2, -0.15) is 0 Å². The molecule has 2 aliphatic rings. The molecule has 2 aromatic heterocycles. The fourth-order valence-corrected chi connectivity index (χ4v) is 7.33. The summed E-state index contributed by atoms with van der Waals surface area (Å²) < 4.78 is 1.80. The molecule has 0 radical (unpaired) electrons. The van der Waals surface area contributed by atoms with Crippen molar-refractivity contribution in [3.05, 3.63) is 75.1 Å². The Balaban J connectivity index is 1.20. The van der Waals surface area contributed by atoms with Gasteiger partial charge >= 0.3 is 0 Å².